The molecule has 0 radical (unpaired) electrons. The third-order valence-corrected chi connectivity index (χ3v) is 9.55. The van der Waals surface area contributed by atoms with E-state index in [1.54, 1.807) is 0 Å². The largest absolute Gasteiger partial charge is 0.456 e. The van der Waals surface area contributed by atoms with E-state index in [1.807, 2.05) is 30.5 Å². The summed E-state index contributed by atoms with van der Waals surface area (Å²) in [6.07, 6.45) is 1.38. The number of amidine groups is 2. The van der Waals surface area contributed by atoms with Gasteiger partial charge in [-0.05, 0) is 56.6 Å². The molecule has 9 aromatic rings. The van der Waals surface area contributed by atoms with Crippen molar-refractivity contribution in [1.82, 2.24) is 10.3 Å². The van der Waals surface area contributed by atoms with Crippen molar-refractivity contribution in [2.75, 3.05) is 0 Å². The maximum atomic E-state index is 6.41. The van der Waals surface area contributed by atoms with Crippen LogP contribution in [0.15, 0.2) is 172 Å². The molecule has 0 spiro atoms. The second-order valence-electron chi connectivity index (χ2n) is 12.5. The first-order valence-corrected chi connectivity index (χ1v) is 16.5. The zero-order chi connectivity index (χ0) is 32.3. The second kappa shape index (κ2) is 11.0. The van der Waals surface area contributed by atoms with E-state index in [1.165, 1.54) is 16.2 Å². The summed E-state index contributed by atoms with van der Waals surface area (Å²) >= 11 is 0. The summed E-state index contributed by atoms with van der Waals surface area (Å²) < 4.78 is 6.41. The Morgan fingerprint density at radius 1 is 0.490 bits per heavy atom. The van der Waals surface area contributed by atoms with Crippen molar-refractivity contribution in [1.29, 1.82) is 0 Å². The van der Waals surface area contributed by atoms with E-state index in [9.17, 15) is 0 Å². The molecular formula is C44H28N4O. The van der Waals surface area contributed by atoms with Crippen LogP contribution in [0.5, 0.6) is 0 Å². The van der Waals surface area contributed by atoms with Crippen LogP contribution in [0.3, 0.4) is 0 Å². The number of hydrogen-bond donors (Lipinski definition) is 1. The molecule has 0 fully saturated rings. The van der Waals surface area contributed by atoms with Gasteiger partial charge in [-0.2, -0.15) is 0 Å². The van der Waals surface area contributed by atoms with Crippen molar-refractivity contribution in [3.05, 3.63) is 175 Å². The molecule has 10 rings (SSSR count). The van der Waals surface area contributed by atoms with E-state index >= 15 is 0 Å². The van der Waals surface area contributed by atoms with Crippen molar-refractivity contribution >= 4 is 65.9 Å². The quantitative estimate of drug-likeness (QED) is 0.211. The lowest BCUT2D eigenvalue weighted by molar-refractivity contribution is 0.669. The van der Waals surface area contributed by atoms with Gasteiger partial charge < -0.3 is 9.73 Å². The lowest BCUT2D eigenvalue weighted by Crippen LogP contribution is -2.36. The molecule has 5 nitrogen and oxygen atoms in total. The zero-order valence-electron chi connectivity index (χ0n) is 26.3. The number of benzene rings is 7. The van der Waals surface area contributed by atoms with Gasteiger partial charge in [-0.1, -0.05) is 127 Å². The topological polar surface area (TPSA) is 62.8 Å². The number of aromatic nitrogens is 1. The van der Waals surface area contributed by atoms with E-state index in [0.717, 1.165) is 77.7 Å². The molecule has 5 heteroatoms. The molecule has 7 aromatic carbocycles. The Labute approximate surface area is 281 Å². The molecule has 1 aliphatic heterocycles. The molecule has 1 unspecified atom stereocenters. The highest BCUT2D eigenvalue weighted by molar-refractivity contribution is 6.18. The highest BCUT2D eigenvalue weighted by Gasteiger charge is 2.23. The number of nitrogens with zero attached hydrogens (tertiary/aromatic N) is 3. The predicted octanol–water partition coefficient (Wildman–Crippen LogP) is 10.6. The van der Waals surface area contributed by atoms with Crippen LogP contribution in [0.4, 0.5) is 0 Å². The summed E-state index contributed by atoms with van der Waals surface area (Å²) in [5.41, 5.74) is 6.68. The monoisotopic (exact) mass is 628 g/mol. The molecule has 0 saturated carbocycles. The third-order valence-electron chi connectivity index (χ3n) is 9.55. The first-order valence-electron chi connectivity index (χ1n) is 16.5. The van der Waals surface area contributed by atoms with Gasteiger partial charge in [-0.25, -0.2) is 9.98 Å². The molecule has 1 aliphatic rings. The number of furan rings is 1. The summed E-state index contributed by atoms with van der Waals surface area (Å²) in [6, 6.07) is 52.7. The van der Waals surface area contributed by atoms with Gasteiger partial charge in [-0.15, -0.1) is 0 Å². The van der Waals surface area contributed by atoms with Gasteiger partial charge in [0.2, 0.25) is 0 Å². The van der Waals surface area contributed by atoms with Crippen LogP contribution in [-0.2, 0) is 0 Å². The van der Waals surface area contributed by atoms with Crippen LogP contribution in [0.2, 0.25) is 0 Å². The summed E-state index contributed by atoms with van der Waals surface area (Å²) in [5.74, 6) is 1.58. The highest BCUT2D eigenvalue weighted by atomic mass is 16.3. The first kappa shape index (κ1) is 27.5. The van der Waals surface area contributed by atoms with Gasteiger partial charge in [0.1, 0.15) is 22.8 Å². The predicted molar refractivity (Wildman–Crippen MR) is 201 cm³/mol. The molecule has 0 amide bonds. The number of pyridine rings is 1. The standard InChI is InChI=1S/C44H28N4O/c1-2-11-28(12-3-1)42-46-43(32-21-20-27-10-4-5-13-29(27)24-32)48-44(47-42)36-19-9-16-33-34(36)17-8-18-35(33)41-40-37-25-30-14-6-7-15-31(30)26-39(37)49-38(40)22-23-45-41/h1-26,44H,(H,46,47,48). The van der Waals surface area contributed by atoms with Crippen LogP contribution in [0.25, 0.3) is 65.5 Å². The van der Waals surface area contributed by atoms with Crippen molar-refractivity contribution in [3.63, 3.8) is 0 Å². The fraction of sp³-hybridized carbons (Fsp3) is 0.0227. The van der Waals surface area contributed by atoms with Gasteiger partial charge in [0, 0.05) is 33.8 Å². The molecule has 1 atom stereocenters. The van der Waals surface area contributed by atoms with Gasteiger partial charge in [0.15, 0.2) is 6.17 Å². The molecule has 2 aromatic heterocycles. The molecule has 3 heterocycles. The number of hydrogen-bond acceptors (Lipinski definition) is 5. The number of aliphatic imine (C=N–C) groups is 2. The lowest BCUT2D eigenvalue weighted by atomic mass is 9.94. The third kappa shape index (κ3) is 4.59. The SMILES string of the molecule is c1ccc(C2=NC(c3cccc4c(-c5nccc6oc7cc8ccccc8cc7c56)cccc34)N=C(c3ccc4ccccc4c3)N2)cc1. The smallest absolute Gasteiger partial charge is 0.170 e. The van der Waals surface area contributed by atoms with Gasteiger partial charge in [-0.3, -0.25) is 4.98 Å². The van der Waals surface area contributed by atoms with Crippen molar-refractivity contribution in [2.24, 2.45) is 9.98 Å². The Bertz CT molecular complexity index is 2810. The lowest BCUT2D eigenvalue weighted by Gasteiger charge is -2.23. The minimum Gasteiger partial charge on any atom is -0.456 e. The molecule has 0 bridgehead atoms. The number of fused-ring (bicyclic) bond motifs is 6. The molecular weight excluding hydrogens is 601 g/mol. The highest BCUT2D eigenvalue weighted by Crippen LogP contribution is 2.41. The molecule has 0 aliphatic carbocycles. The van der Waals surface area contributed by atoms with E-state index < -0.39 is 6.17 Å². The van der Waals surface area contributed by atoms with Crippen LogP contribution >= 0.6 is 0 Å². The fourth-order valence-corrected chi connectivity index (χ4v) is 7.19. The average molecular weight is 629 g/mol. The molecule has 0 saturated heterocycles. The van der Waals surface area contributed by atoms with Crippen molar-refractivity contribution < 1.29 is 4.42 Å². The van der Waals surface area contributed by atoms with Gasteiger partial charge in [0.05, 0.1) is 11.1 Å². The molecule has 1 N–H and O–H groups in total. The summed E-state index contributed by atoms with van der Waals surface area (Å²) in [6.45, 7) is 0. The summed E-state index contributed by atoms with van der Waals surface area (Å²) in [4.78, 5) is 15.4. The molecule has 230 valence electrons. The maximum Gasteiger partial charge on any atom is 0.170 e. The average Bonchev–Trinajstić information content (AvgIpc) is 3.54. The summed E-state index contributed by atoms with van der Waals surface area (Å²) in [5, 5.41) is 12.5. The number of rotatable bonds is 4. The van der Waals surface area contributed by atoms with E-state index in [4.69, 9.17) is 19.4 Å². The van der Waals surface area contributed by atoms with Crippen LogP contribution in [0.1, 0.15) is 22.9 Å². The van der Waals surface area contributed by atoms with Crippen LogP contribution in [0, 0.1) is 0 Å². The number of nitrogens with one attached hydrogen (secondary N) is 1. The minimum absolute atomic E-state index is 0.457. The Morgan fingerprint density at radius 2 is 1.18 bits per heavy atom. The Hall–Kier alpha value is -6.59. The summed E-state index contributed by atoms with van der Waals surface area (Å²) in [7, 11) is 0. The van der Waals surface area contributed by atoms with Crippen LogP contribution < -0.4 is 5.32 Å². The van der Waals surface area contributed by atoms with Crippen molar-refractivity contribution in [2.45, 2.75) is 6.17 Å². The second-order valence-corrected chi connectivity index (χ2v) is 12.5. The van der Waals surface area contributed by atoms with Crippen LogP contribution in [-0.4, -0.2) is 16.7 Å². The zero-order valence-corrected chi connectivity index (χ0v) is 26.3. The van der Waals surface area contributed by atoms with Gasteiger partial charge in [0.25, 0.3) is 0 Å². The Kier molecular flexibility index (Phi) is 6.18. The minimum atomic E-state index is -0.457. The fourth-order valence-electron chi connectivity index (χ4n) is 7.19. The van der Waals surface area contributed by atoms with Crippen molar-refractivity contribution in [3.8, 4) is 11.3 Å². The first-order chi connectivity index (χ1) is 24.3. The Balaban J connectivity index is 1.16. The van der Waals surface area contributed by atoms with E-state index in [0.29, 0.717) is 0 Å². The normalized spacial score (nSPS) is 14.7. The van der Waals surface area contributed by atoms with Gasteiger partial charge >= 0.3 is 0 Å². The molecule has 49 heavy (non-hydrogen) atoms. The Morgan fingerprint density at radius 3 is 2.02 bits per heavy atom. The van der Waals surface area contributed by atoms with E-state index in [2.05, 4.69) is 133 Å². The van der Waals surface area contributed by atoms with E-state index in [-0.39, 0.29) is 0 Å². The maximum absolute atomic E-state index is 6.41.